The van der Waals surface area contributed by atoms with Crippen LogP contribution in [0.25, 0.3) is 0 Å². The maximum atomic E-state index is 6.29. The summed E-state index contributed by atoms with van der Waals surface area (Å²) in [6.45, 7) is 2.20. The molecule has 0 bridgehead atoms. The van der Waals surface area contributed by atoms with Crippen LogP contribution in [0.4, 0.5) is 0 Å². The SMILES string of the molecule is CCCCc1ccc(C(N)c2ccc(Cl)cc2Cl)cc1. The molecule has 0 spiro atoms. The van der Waals surface area contributed by atoms with Gasteiger partial charge < -0.3 is 5.73 Å². The zero-order valence-electron chi connectivity index (χ0n) is 11.6. The van der Waals surface area contributed by atoms with Gasteiger partial charge in [0.1, 0.15) is 0 Å². The second kappa shape index (κ2) is 7.12. The molecule has 0 saturated heterocycles. The molecule has 0 aliphatic heterocycles. The van der Waals surface area contributed by atoms with Crippen LogP contribution in [-0.2, 0) is 6.42 Å². The molecule has 2 aromatic rings. The third kappa shape index (κ3) is 3.76. The Morgan fingerprint density at radius 3 is 2.35 bits per heavy atom. The molecule has 0 aromatic heterocycles. The van der Waals surface area contributed by atoms with E-state index in [9.17, 15) is 0 Å². The Bertz CT molecular complexity index is 564. The Morgan fingerprint density at radius 2 is 1.75 bits per heavy atom. The first kappa shape index (κ1) is 15.4. The van der Waals surface area contributed by atoms with Gasteiger partial charge >= 0.3 is 0 Å². The monoisotopic (exact) mass is 307 g/mol. The predicted molar refractivity (Wildman–Crippen MR) is 87.5 cm³/mol. The van der Waals surface area contributed by atoms with E-state index in [2.05, 4.69) is 31.2 Å². The lowest BCUT2D eigenvalue weighted by Gasteiger charge is -2.15. The van der Waals surface area contributed by atoms with Crippen LogP contribution in [0.2, 0.25) is 10.0 Å². The third-order valence-electron chi connectivity index (χ3n) is 3.46. The summed E-state index contributed by atoms with van der Waals surface area (Å²) in [6.07, 6.45) is 3.55. The van der Waals surface area contributed by atoms with Crippen LogP contribution >= 0.6 is 23.2 Å². The number of unbranched alkanes of at least 4 members (excludes halogenated alkanes) is 1. The molecule has 106 valence electrons. The summed E-state index contributed by atoms with van der Waals surface area (Å²) in [7, 11) is 0. The highest BCUT2D eigenvalue weighted by atomic mass is 35.5. The number of nitrogens with two attached hydrogens (primary N) is 1. The van der Waals surface area contributed by atoms with Crippen LogP contribution in [0.5, 0.6) is 0 Å². The molecule has 2 rings (SSSR count). The number of hydrogen-bond acceptors (Lipinski definition) is 1. The lowest BCUT2D eigenvalue weighted by Crippen LogP contribution is -2.12. The second-order valence-corrected chi connectivity index (χ2v) is 5.83. The van der Waals surface area contributed by atoms with E-state index in [0.717, 1.165) is 17.5 Å². The van der Waals surface area contributed by atoms with Gasteiger partial charge in [-0.25, -0.2) is 0 Å². The van der Waals surface area contributed by atoms with Gasteiger partial charge in [-0.15, -0.1) is 0 Å². The highest BCUT2D eigenvalue weighted by Gasteiger charge is 2.12. The molecule has 0 fully saturated rings. The first-order chi connectivity index (χ1) is 9.61. The smallest absolute Gasteiger partial charge is 0.0566 e. The highest BCUT2D eigenvalue weighted by Crippen LogP contribution is 2.29. The van der Waals surface area contributed by atoms with Crippen molar-refractivity contribution in [3.05, 3.63) is 69.2 Å². The van der Waals surface area contributed by atoms with Gasteiger partial charge in [0.15, 0.2) is 0 Å². The fourth-order valence-corrected chi connectivity index (χ4v) is 2.73. The summed E-state index contributed by atoms with van der Waals surface area (Å²) in [5, 5.41) is 1.24. The van der Waals surface area contributed by atoms with Crippen LogP contribution in [0.15, 0.2) is 42.5 Å². The molecule has 0 heterocycles. The average molecular weight is 308 g/mol. The average Bonchev–Trinajstić information content (AvgIpc) is 2.45. The summed E-state index contributed by atoms with van der Waals surface area (Å²) >= 11 is 12.1. The van der Waals surface area contributed by atoms with Crippen molar-refractivity contribution in [1.29, 1.82) is 0 Å². The molecule has 0 aliphatic carbocycles. The van der Waals surface area contributed by atoms with Gasteiger partial charge in [0.05, 0.1) is 6.04 Å². The summed E-state index contributed by atoms with van der Waals surface area (Å²) in [5.41, 5.74) is 9.61. The van der Waals surface area contributed by atoms with Gasteiger partial charge in [-0.3, -0.25) is 0 Å². The molecule has 1 atom stereocenters. The summed E-state index contributed by atoms with van der Waals surface area (Å²) in [6, 6.07) is 13.7. The summed E-state index contributed by atoms with van der Waals surface area (Å²) < 4.78 is 0. The van der Waals surface area contributed by atoms with Crippen LogP contribution in [0, 0.1) is 0 Å². The molecule has 0 aliphatic rings. The van der Waals surface area contributed by atoms with Crippen molar-refractivity contribution in [2.24, 2.45) is 5.73 Å². The van der Waals surface area contributed by atoms with E-state index in [1.54, 1.807) is 6.07 Å². The summed E-state index contributed by atoms with van der Waals surface area (Å²) in [5.74, 6) is 0. The molecule has 0 saturated carbocycles. The van der Waals surface area contributed by atoms with Crippen molar-refractivity contribution in [2.45, 2.75) is 32.2 Å². The molecular formula is C17H19Cl2N. The Labute approximate surface area is 130 Å². The Hall–Kier alpha value is -1.02. The number of hydrogen-bond donors (Lipinski definition) is 1. The molecular weight excluding hydrogens is 289 g/mol. The zero-order chi connectivity index (χ0) is 14.5. The lowest BCUT2D eigenvalue weighted by atomic mass is 9.97. The van der Waals surface area contributed by atoms with Gasteiger partial charge in [0.25, 0.3) is 0 Å². The molecule has 3 heteroatoms. The van der Waals surface area contributed by atoms with E-state index in [1.807, 2.05) is 12.1 Å². The maximum Gasteiger partial charge on any atom is 0.0566 e. The molecule has 1 nitrogen and oxygen atoms in total. The van der Waals surface area contributed by atoms with Crippen LogP contribution in [0.3, 0.4) is 0 Å². The van der Waals surface area contributed by atoms with Crippen LogP contribution in [-0.4, -0.2) is 0 Å². The number of benzene rings is 2. The third-order valence-corrected chi connectivity index (χ3v) is 4.02. The second-order valence-electron chi connectivity index (χ2n) is 4.99. The topological polar surface area (TPSA) is 26.0 Å². The maximum absolute atomic E-state index is 6.29. The highest BCUT2D eigenvalue weighted by molar-refractivity contribution is 6.35. The van der Waals surface area contributed by atoms with Gasteiger partial charge in [-0.1, -0.05) is 66.9 Å². The minimum absolute atomic E-state index is 0.222. The quantitative estimate of drug-likeness (QED) is 0.788. The number of halogens is 2. The van der Waals surface area contributed by atoms with Crippen molar-refractivity contribution in [3.63, 3.8) is 0 Å². The van der Waals surface area contributed by atoms with Gasteiger partial charge in [-0.05, 0) is 41.7 Å². The Balaban J connectivity index is 2.18. The first-order valence-corrected chi connectivity index (χ1v) is 7.66. The fourth-order valence-electron chi connectivity index (χ4n) is 2.21. The molecule has 2 N–H and O–H groups in total. The van der Waals surface area contributed by atoms with Gasteiger partial charge in [0.2, 0.25) is 0 Å². The van der Waals surface area contributed by atoms with Crippen molar-refractivity contribution >= 4 is 23.2 Å². The fraction of sp³-hybridized carbons (Fsp3) is 0.294. The van der Waals surface area contributed by atoms with Gasteiger partial charge in [-0.2, -0.15) is 0 Å². The first-order valence-electron chi connectivity index (χ1n) is 6.91. The Kier molecular flexibility index (Phi) is 5.47. The van der Waals surface area contributed by atoms with E-state index >= 15 is 0 Å². The standard InChI is InChI=1S/C17H19Cl2N/c1-2-3-4-12-5-7-13(8-6-12)17(20)15-10-9-14(18)11-16(15)19/h5-11,17H,2-4,20H2,1H3. The summed E-state index contributed by atoms with van der Waals surface area (Å²) in [4.78, 5) is 0. The van der Waals surface area contributed by atoms with E-state index in [-0.39, 0.29) is 6.04 Å². The molecule has 20 heavy (non-hydrogen) atoms. The number of aryl methyl sites for hydroxylation is 1. The van der Waals surface area contributed by atoms with Crippen molar-refractivity contribution in [2.75, 3.05) is 0 Å². The van der Waals surface area contributed by atoms with Crippen LogP contribution < -0.4 is 5.73 Å². The largest absolute Gasteiger partial charge is 0.320 e. The molecule has 0 radical (unpaired) electrons. The van der Waals surface area contributed by atoms with Crippen molar-refractivity contribution in [3.8, 4) is 0 Å². The lowest BCUT2D eigenvalue weighted by molar-refractivity contribution is 0.793. The van der Waals surface area contributed by atoms with E-state index in [4.69, 9.17) is 28.9 Å². The van der Waals surface area contributed by atoms with E-state index in [0.29, 0.717) is 10.0 Å². The van der Waals surface area contributed by atoms with Crippen molar-refractivity contribution in [1.82, 2.24) is 0 Å². The van der Waals surface area contributed by atoms with E-state index in [1.165, 1.54) is 18.4 Å². The molecule has 1 unspecified atom stereocenters. The molecule has 0 amide bonds. The minimum atomic E-state index is -0.222. The normalized spacial score (nSPS) is 12.4. The molecule has 2 aromatic carbocycles. The van der Waals surface area contributed by atoms with Crippen molar-refractivity contribution < 1.29 is 0 Å². The van der Waals surface area contributed by atoms with Crippen LogP contribution in [0.1, 0.15) is 42.5 Å². The number of rotatable bonds is 5. The predicted octanol–water partition coefficient (Wildman–Crippen LogP) is 5.38. The van der Waals surface area contributed by atoms with Gasteiger partial charge in [0, 0.05) is 10.0 Å². The minimum Gasteiger partial charge on any atom is -0.320 e. The van der Waals surface area contributed by atoms with E-state index < -0.39 is 0 Å². The Morgan fingerprint density at radius 1 is 1.05 bits per heavy atom. The zero-order valence-corrected chi connectivity index (χ0v) is 13.1.